The lowest BCUT2D eigenvalue weighted by Crippen LogP contribution is -2.17. The number of rotatable bonds is 5. The first kappa shape index (κ1) is 11.2. The molecule has 0 bridgehead atoms. The van der Waals surface area contributed by atoms with Crippen LogP contribution in [0, 0.1) is 0 Å². The summed E-state index contributed by atoms with van der Waals surface area (Å²) in [4.78, 5) is 10.2. The standard InChI is InChI=1S/C8H12ClNO2/c1-6(3-8(11)12)4-10-5-7(2)9/h3,10H,2,4-5H2,1H3,(H,11,12). The molecule has 0 aromatic rings. The second kappa shape index (κ2) is 5.80. The van der Waals surface area contributed by atoms with Crippen molar-refractivity contribution in [3.05, 3.63) is 23.3 Å². The summed E-state index contributed by atoms with van der Waals surface area (Å²) in [7, 11) is 0. The molecule has 3 nitrogen and oxygen atoms in total. The second-order valence-corrected chi connectivity index (χ2v) is 2.98. The van der Waals surface area contributed by atoms with E-state index in [0.29, 0.717) is 18.1 Å². The molecule has 4 heteroatoms. The van der Waals surface area contributed by atoms with Crippen molar-refractivity contribution in [2.75, 3.05) is 13.1 Å². The quantitative estimate of drug-likeness (QED) is 0.643. The van der Waals surface area contributed by atoms with E-state index in [1.807, 2.05) is 0 Å². The average Bonchev–Trinajstić information content (AvgIpc) is 1.84. The minimum absolute atomic E-state index is 0.492. The minimum atomic E-state index is -0.931. The number of nitrogens with one attached hydrogen (secondary N) is 1. The first-order valence-corrected chi connectivity index (χ1v) is 3.84. The molecule has 12 heavy (non-hydrogen) atoms. The van der Waals surface area contributed by atoms with Gasteiger partial charge in [0, 0.05) is 24.2 Å². The highest BCUT2D eigenvalue weighted by Gasteiger charge is 1.94. The largest absolute Gasteiger partial charge is 0.478 e. The molecular weight excluding hydrogens is 178 g/mol. The fourth-order valence-corrected chi connectivity index (χ4v) is 0.752. The Morgan fingerprint density at radius 3 is 2.67 bits per heavy atom. The number of halogens is 1. The minimum Gasteiger partial charge on any atom is -0.478 e. The van der Waals surface area contributed by atoms with E-state index >= 15 is 0 Å². The number of carbonyl (C=O) groups is 1. The predicted octanol–water partition coefficient (Wildman–Crippen LogP) is 1.36. The van der Waals surface area contributed by atoms with Crippen LogP contribution in [0.4, 0.5) is 0 Å². The van der Waals surface area contributed by atoms with Gasteiger partial charge >= 0.3 is 5.97 Å². The monoisotopic (exact) mass is 189 g/mol. The van der Waals surface area contributed by atoms with Gasteiger partial charge in [-0.25, -0.2) is 4.79 Å². The molecule has 0 saturated heterocycles. The molecule has 0 amide bonds. The molecule has 0 aliphatic heterocycles. The zero-order valence-corrected chi connectivity index (χ0v) is 7.69. The molecule has 0 heterocycles. The van der Waals surface area contributed by atoms with Crippen molar-refractivity contribution in [2.45, 2.75) is 6.92 Å². The molecule has 0 aromatic heterocycles. The summed E-state index contributed by atoms with van der Waals surface area (Å²) in [6, 6.07) is 0. The highest BCUT2D eigenvalue weighted by atomic mass is 35.5. The zero-order valence-electron chi connectivity index (χ0n) is 6.93. The summed E-state index contributed by atoms with van der Waals surface area (Å²) in [5, 5.41) is 11.8. The summed E-state index contributed by atoms with van der Waals surface area (Å²) < 4.78 is 0. The van der Waals surface area contributed by atoms with E-state index in [4.69, 9.17) is 16.7 Å². The summed E-state index contributed by atoms with van der Waals surface area (Å²) in [5.41, 5.74) is 0.750. The first-order valence-electron chi connectivity index (χ1n) is 3.46. The van der Waals surface area contributed by atoms with Crippen LogP contribution < -0.4 is 5.32 Å². The maximum atomic E-state index is 10.2. The smallest absolute Gasteiger partial charge is 0.328 e. The van der Waals surface area contributed by atoms with Crippen LogP contribution in [0.2, 0.25) is 0 Å². The molecule has 0 rings (SSSR count). The van der Waals surface area contributed by atoms with Crippen molar-refractivity contribution in [1.29, 1.82) is 0 Å². The third kappa shape index (κ3) is 7.31. The second-order valence-electron chi connectivity index (χ2n) is 2.45. The Kier molecular flexibility index (Phi) is 5.41. The van der Waals surface area contributed by atoms with Crippen LogP contribution in [0.5, 0.6) is 0 Å². The van der Waals surface area contributed by atoms with Crippen molar-refractivity contribution in [3.8, 4) is 0 Å². The van der Waals surface area contributed by atoms with E-state index in [0.717, 1.165) is 11.6 Å². The topological polar surface area (TPSA) is 49.3 Å². The van der Waals surface area contributed by atoms with E-state index in [-0.39, 0.29) is 0 Å². The number of hydrogen-bond donors (Lipinski definition) is 2. The van der Waals surface area contributed by atoms with Crippen molar-refractivity contribution >= 4 is 17.6 Å². The number of hydrogen-bond acceptors (Lipinski definition) is 2. The Morgan fingerprint density at radius 1 is 1.67 bits per heavy atom. The van der Waals surface area contributed by atoms with Gasteiger partial charge in [-0.05, 0) is 6.92 Å². The summed E-state index contributed by atoms with van der Waals surface area (Å²) >= 11 is 5.47. The van der Waals surface area contributed by atoms with Crippen molar-refractivity contribution in [1.82, 2.24) is 5.32 Å². The van der Waals surface area contributed by atoms with Gasteiger partial charge in [0.15, 0.2) is 0 Å². The van der Waals surface area contributed by atoms with E-state index in [1.165, 1.54) is 0 Å². The molecule has 0 atom stereocenters. The van der Waals surface area contributed by atoms with E-state index < -0.39 is 5.97 Å². The molecule has 0 radical (unpaired) electrons. The fraction of sp³-hybridized carbons (Fsp3) is 0.375. The van der Waals surface area contributed by atoms with Crippen LogP contribution in [0.1, 0.15) is 6.92 Å². The van der Waals surface area contributed by atoms with Crippen LogP contribution in [0.3, 0.4) is 0 Å². The third-order valence-electron chi connectivity index (χ3n) is 1.09. The summed E-state index contributed by atoms with van der Waals surface area (Å²) in [5.74, 6) is -0.931. The molecule has 0 aliphatic carbocycles. The van der Waals surface area contributed by atoms with Gasteiger partial charge < -0.3 is 10.4 Å². The number of aliphatic carboxylic acids is 1. The maximum absolute atomic E-state index is 10.2. The van der Waals surface area contributed by atoms with Crippen molar-refractivity contribution in [2.24, 2.45) is 0 Å². The lowest BCUT2D eigenvalue weighted by molar-refractivity contribution is -0.131. The molecule has 2 N–H and O–H groups in total. The first-order chi connectivity index (χ1) is 5.52. The van der Waals surface area contributed by atoms with Gasteiger partial charge in [-0.2, -0.15) is 0 Å². The van der Waals surface area contributed by atoms with Crippen molar-refractivity contribution < 1.29 is 9.90 Å². The maximum Gasteiger partial charge on any atom is 0.328 e. The molecule has 0 aliphatic rings. The predicted molar refractivity (Wildman–Crippen MR) is 49.3 cm³/mol. The van der Waals surface area contributed by atoms with Gasteiger partial charge in [-0.1, -0.05) is 23.8 Å². The molecule has 68 valence electrons. The molecule has 0 spiro atoms. The lowest BCUT2D eigenvalue weighted by Gasteiger charge is -2.01. The van der Waals surface area contributed by atoms with Gasteiger partial charge in [0.05, 0.1) is 0 Å². The molecule has 0 saturated carbocycles. The van der Waals surface area contributed by atoms with Gasteiger partial charge in [0.2, 0.25) is 0 Å². The number of carboxylic acid groups (broad SMARTS) is 1. The van der Waals surface area contributed by atoms with Gasteiger partial charge in [0.25, 0.3) is 0 Å². The molecule has 0 fully saturated rings. The van der Waals surface area contributed by atoms with Crippen LogP contribution in [0.15, 0.2) is 23.3 Å². The van der Waals surface area contributed by atoms with E-state index in [2.05, 4.69) is 11.9 Å². The zero-order chi connectivity index (χ0) is 9.56. The highest BCUT2D eigenvalue weighted by molar-refractivity contribution is 6.29. The van der Waals surface area contributed by atoms with Crippen LogP contribution in [0.25, 0.3) is 0 Å². The van der Waals surface area contributed by atoms with Crippen LogP contribution in [-0.4, -0.2) is 24.2 Å². The lowest BCUT2D eigenvalue weighted by atomic mass is 10.3. The Bertz CT molecular complexity index is 211. The SMILES string of the molecule is C=C(Cl)CNCC(C)=CC(=O)O. The summed E-state index contributed by atoms with van der Waals surface area (Å²) in [6.45, 7) is 6.22. The van der Waals surface area contributed by atoms with Gasteiger partial charge in [-0.15, -0.1) is 0 Å². The Hall–Kier alpha value is -0.800. The van der Waals surface area contributed by atoms with Crippen LogP contribution >= 0.6 is 11.6 Å². The Labute approximate surface area is 76.7 Å². The molecule has 0 aromatic carbocycles. The summed E-state index contributed by atoms with van der Waals surface area (Å²) in [6.07, 6.45) is 1.16. The Balaban J connectivity index is 3.64. The van der Waals surface area contributed by atoms with Crippen molar-refractivity contribution in [3.63, 3.8) is 0 Å². The van der Waals surface area contributed by atoms with E-state index in [9.17, 15) is 4.79 Å². The molecular formula is C8H12ClNO2. The third-order valence-corrected chi connectivity index (χ3v) is 1.22. The van der Waals surface area contributed by atoms with Gasteiger partial charge in [0.1, 0.15) is 0 Å². The highest BCUT2D eigenvalue weighted by Crippen LogP contribution is 1.94. The number of carboxylic acids is 1. The average molecular weight is 190 g/mol. The molecule has 0 unspecified atom stereocenters. The fourth-order valence-electron chi connectivity index (χ4n) is 0.657. The Morgan fingerprint density at radius 2 is 2.25 bits per heavy atom. The van der Waals surface area contributed by atoms with E-state index in [1.54, 1.807) is 6.92 Å². The van der Waals surface area contributed by atoms with Gasteiger partial charge in [-0.3, -0.25) is 0 Å². The van der Waals surface area contributed by atoms with Crippen LogP contribution in [-0.2, 0) is 4.79 Å². The normalized spacial score (nSPS) is 11.3.